The van der Waals surface area contributed by atoms with E-state index >= 15 is 0 Å². The standard InChI is InChI=1S/C18H19NO4/c1-12(18(23)19-11-16(20)21)14-8-5-9-15(10-14)17(22)13-6-3-2-4-7-13/h2-10,12,17,22H,11H2,1H3,(H,19,23)(H,20,21)/t12-,17?/m1/s1. The number of amides is 1. The molecule has 1 unspecified atom stereocenters. The van der Waals surface area contributed by atoms with Crippen LogP contribution in [-0.2, 0) is 9.59 Å². The van der Waals surface area contributed by atoms with Gasteiger partial charge >= 0.3 is 5.97 Å². The molecule has 120 valence electrons. The smallest absolute Gasteiger partial charge is 0.322 e. The van der Waals surface area contributed by atoms with E-state index in [1.807, 2.05) is 30.3 Å². The first-order chi connectivity index (χ1) is 11.0. The third kappa shape index (κ3) is 4.40. The minimum Gasteiger partial charge on any atom is -0.480 e. The lowest BCUT2D eigenvalue weighted by atomic mass is 9.94. The zero-order chi connectivity index (χ0) is 16.8. The Morgan fingerprint density at radius 1 is 1.00 bits per heavy atom. The first-order valence-electron chi connectivity index (χ1n) is 7.31. The molecule has 0 aliphatic heterocycles. The molecule has 0 saturated carbocycles. The fraction of sp³-hybridized carbons (Fsp3) is 0.222. The second kappa shape index (κ2) is 7.56. The molecule has 5 heteroatoms. The molecule has 0 bridgehead atoms. The van der Waals surface area contributed by atoms with Crippen molar-refractivity contribution in [1.82, 2.24) is 5.32 Å². The summed E-state index contributed by atoms with van der Waals surface area (Å²) in [6, 6.07) is 16.4. The quantitative estimate of drug-likeness (QED) is 0.762. The van der Waals surface area contributed by atoms with E-state index in [-0.39, 0.29) is 5.91 Å². The van der Waals surface area contributed by atoms with Crippen LogP contribution in [0.25, 0.3) is 0 Å². The topological polar surface area (TPSA) is 86.6 Å². The van der Waals surface area contributed by atoms with Gasteiger partial charge in [-0.2, -0.15) is 0 Å². The van der Waals surface area contributed by atoms with E-state index in [1.54, 1.807) is 31.2 Å². The molecular weight excluding hydrogens is 294 g/mol. The molecule has 0 saturated heterocycles. The Hall–Kier alpha value is -2.66. The van der Waals surface area contributed by atoms with E-state index in [2.05, 4.69) is 5.32 Å². The van der Waals surface area contributed by atoms with Crippen LogP contribution in [0, 0.1) is 0 Å². The number of benzene rings is 2. The number of aliphatic hydroxyl groups is 1. The van der Waals surface area contributed by atoms with Crippen molar-refractivity contribution in [3.63, 3.8) is 0 Å². The Labute approximate surface area is 134 Å². The number of carboxylic acids is 1. The summed E-state index contributed by atoms with van der Waals surface area (Å²) in [6.45, 7) is 1.29. The molecule has 3 N–H and O–H groups in total. The van der Waals surface area contributed by atoms with Crippen molar-refractivity contribution >= 4 is 11.9 Å². The summed E-state index contributed by atoms with van der Waals surface area (Å²) in [5, 5.41) is 21.4. The number of hydrogen-bond donors (Lipinski definition) is 3. The maximum absolute atomic E-state index is 12.0. The van der Waals surface area contributed by atoms with Crippen LogP contribution in [0.15, 0.2) is 54.6 Å². The number of aliphatic carboxylic acids is 1. The third-order valence-electron chi connectivity index (χ3n) is 3.65. The van der Waals surface area contributed by atoms with Crippen LogP contribution in [0.4, 0.5) is 0 Å². The number of carboxylic acid groups (broad SMARTS) is 1. The molecule has 1 amide bonds. The summed E-state index contributed by atoms with van der Waals surface area (Å²) in [5.74, 6) is -1.95. The third-order valence-corrected chi connectivity index (χ3v) is 3.65. The van der Waals surface area contributed by atoms with Gasteiger partial charge in [0.2, 0.25) is 5.91 Å². The summed E-state index contributed by atoms with van der Waals surface area (Å²) in [6.07, 6.45) is -0.773. The molecule has 5 nitrogen and oxygen atoms in total. The average molecular weight is 313 g/mol. The van der Waals surface area contributed by atoms with Gasteiger partial charge in [0.05, 0.1) is 5.92 Å². The lowest BCUT2D eigenvalue weighted by Gasteiger charge is -2.16. The van der Waals surface area contributed by atoms with Crippen LogP contribution >= 0.6 is 0 Å². The van der Waals surface area contributed by atoms with E-state index in [4.69, 9.17) is 5.11 Å². The Bertz CT molecular complexity index is 684. The largest absolute Gasteiger partial charge is 0.480 e. The zero-order valence-corrected chi connectivity index (χ0v) is 12.8. The van der Waals surface area contributed by atoms with Crippen molar-refractivity contribution < 1.29 is 19.8 Å². The van der Waals surface area contributed by atoms with Crippen LogP contribution in [0.3, 0.4) is 0 Å². The van der Waals surface area contributed by atoms with Gasteiger partial charge in [0.15, 0.2) is 0 Å². The molecule has 23 heavy (non-hydrogen) atoms. The van der Waals surface area contributed by atoms with E-state index in [1.165, 1.54) is 0 Å². The maximum atomic E-state index is 12.0. The van der Waals surface area contributed by atoms with Crippen molar-refractivity contribution in [2.24, 2.45) is 0 Å². The minimum atomic E-state index is -1.08. The number of carbonyl (C=O) groups excluding carboxylic acids is 1. The molecular formula is C18H19NO4. The van der Waals surface area contributed by atoms with Gasteiger partial charge in [-0.05, 0) is 23.6 Å². The molecule has 0 radical (unpaired) electrons. The summed E-state index contributed by atoms with van der Waals surface area (Å²) in [7, 11) is 0. The fourth-order valence-corrected chi connectivity index (χ4v) is 2.29. The van der Waals surface area contributed by atoms with E-state index in [0.717, 1.165) is 11.1 Å². The second-order valence-electron chi connectivity index (χ2n) is 5.32. The lowest BCUT2D eigenvalue weighted by Crippen LogP contribution is -2.32. The number of nitrogens with one attached hydrogen (secondary N) is 1. The maximum Gasteiger partial charge on any atom is 0.322 e. The molecule has 2 atom stereocenters. The Morgan fingerprint density at radius 2 is 1.61 bits per heavy atom. The van der Waals surface area contributed by atoms with Crippen LogP contribution in [0.1, 0.15) is 35.6 Å². The molecule has 2 rings (SSSR count). The number of rotatable bonds is 6. The van der Waals surface area contributed by atoms with Crippen molar-refractivity contribution in [2.75, 3.05) is 6.54 Å². The highest BCUT2D eigenvalue weighted by Gasteiger charge is 2.18. The predicted octanol–water partition coefficient (Wildman–Crippen LogP) is 2.07. The van der Waals surface area contributed by atoms with Gasteiger partial charge < -0.3 is 15.5 Å². The summed E-state index contributed by atoms with van der Waals surface area (Å²) >= 11 is 0. The number of aliphatic hydroxyl groups excluding tert-OH is 1. The van der Waals surface area contributed by atoms with Crippen LogP contribution < -0.4 is 5.32 Å². The van der Waals surface area contributed by atoms with Gasteiger partial charge in [-0.25, -0.2) is 0 Å². The van der Waals surface area contributed by atoms with E-state index in [0.29, 0.717) is 5.56 Å². The SMILES string of the molecule is C[C@@H](C(=O)NCC(=O)O)c1cccc(C(O)c2ccccc2)c1. The van der Waals surface area contributed by atoms with Gasteiger partial charge in [0.1, 0.15) is 12.6 Å². The Morgan fingerprint density at radius 3 is 2.26 bits per heavy atom. The van der Waals surface area contributed by atoms with Gasteiger partial charge in [-0.15, -0.1) is 0 Å². The number of carbonyl (C=O) groups is 2. The van der Waals surface area contributed by atoms with E-state index in [9.17, 15) is 14.7 Å². The highest BCUT2D eigenvalue weighted by atomic mass is 16.4. The zero-order valence-electron chi connectivity index (χ0n) is 12.8. The monoisotopic (exact) mass is 313 g/mol. The summed E-state index contributed by atoms with van der Waals surface area (Å²) < 4.78 is 0. The molecule has 2 aromatic carbocycles. The number of hydrogen-bond acceptors (Lipinski definition) is 3. The van der Waals surface area contributed by atoms with Gasteiger partial charge in [0.25, 0.3) is 0 Å². The molecule has 2 aromatic rings. The normalized spacial score (nSPS) is 13.1. The van der Waals surface area contributed by atoms with Crippen LogP contribution in [0.2, 0.25) is 0 Å². The molecule has 0 aromatic heterocycles. The average Bonchev–Trinajstić information content (AvgIpc) is 2.59. The molecule has 0 spiro atoms. The lowest BCUT2D eigenvalue weighted by molar-refractivity contribution is -0.138. The van der Waals surface area contributed by atoms with Gasteiger partial charge in [-0.1, -0.05) is 54.6 Å². The summed E-state index contributed by atoms with van der Waals surface area (Å²) in [5.41, 5.74) is 2.18. The molecule has 0 aliphatic carbocycles. The summed E-state index contributed by atoms with van der Waals surface area (Å²) in [4.78, 5) is 22.5. The minimum absolute atomic E-state index is 0.362. The van der Waals surface area contributed by atoms with E-state index < -0.39 is 24.5 Å². The van der Waals surface area contributed by atoms with Crippen LogP contribution in [-0.4, -0.2) is 28.6 Å². The fourth-order valence-electron chi connectivity index (χ4n) is 2.29. The molecule has 0 fully saturated rings. The molecule has 0 aliphatic rings. The first kappa shape index (κ1) is 16.7. The van der Waals surface area contributed by atoms with Crippen molar-refractivity contribution in [2.45, 2.75) is 18.9 Å². The Kier molecular flexibility index (Phi) is 5.49. The molecule has 0 heterocycles. The van der Waals surface area contributed by atoms with Crippen molar-refractivity contribution in [3.05, 3.63) is 71.3 Å². The second-order valence-corrected chi connectivity index (χ2v) is 5.32. The van der Waals surface area contributed by atoms with Crippen LogP contribution in [0.5, 0.6) is 0 Å². The van der Waals surface area contributed by atoms with Crippen molar-refractivity contribution in [3.8, 4) is 0 Å². The predicted molar refractivity (Wildman–Crippen MR) is 86.0 cm³/mol. The Balaban J connectivity index is 2.16. The van der Waals surface area contributed by atoms with Gasteiger partial charge in [0, 0.05) is 0 Å². The first-order valence-corrected chi connectivity index (χ1v) is 7.31. The van der Waals surface area contributed by atoms with Gasteiger partial charge in [-0.3, -0.25) is 9.59 Å². The highest BCUT2D eigenvalue weighted by Crippen LogP contribution is 2.25. The highest BCUT2D eigenvalue weighted by molar-refractivity contribution is 5.86. The van der Waals surface area contributed by atoms with Crippen molar-refractivity contribution in [1.29, 1.82) is 0 Å².